The summed E-state index contributed by atoms with van der Waals surface area (Å²) < 4.78 is 65.4. The SMILES string of the molecule is N#CC1CN(S(=O)(=O)c2cccc(C(=O)N3CCCCCC3C(=O)NCc3ccc(C(F)(F)F)cc3)c2)C1. The first-order valence-electron chi connectivity index (χ1n) is 12.3. The summed E-state index contributed by atoms with van der Waals surface area (Å²) in [4.78, 5) is 28.0. The van der Waals surface area contributed by atoms with Crippen LogP contribution < -0.4 is 5.32 Å². The standard InChI is InChI=1S/C26H27F3N4O4S/c27-26(28,29)21-10-8-18(9-11-21)15-31-24(34)23-7-2-1-3-12-33(23)25(35)20-5-4-6-22(13-20)38(36,37)32-16-19(14-30)17-32/h4-6,8-11,13,19,23H,1-3,7,12,15-17H2,(H,31,34). The Bertz CT molecular complexity index is 1330. The van der Waals surface area contributed by atoms with Gasteiger partial charge in [0, 0.05) is 31.7 Å². The number of carbonyl (C=O) groups is 2. The summed E-state index contributed by atoms with van der Waals surface area (Å²) in [5.41, 5.74) is -0.164. The third-order valence-electron chi connectivity index (χ3n) is 6.81. The molecule has 0 saturated carbocycles. The van der Waals surface area contributed by atoms with Crippen LogP contribution in [-0.2, 0) is 27.5 Å². The number of benzene rings is 2. The first-order chi connectivity index (χ1) is 18.0. The molecule has 0 aromatic heterocycles. The fraction of sp³-hybridized carbons (Fsp3) is 0.423. The Morgan fingerprint density at radius 1 is 1.05 bits per heavy atom. The van der Waals surface area contributed by atoms with Crippen molar-refractivity contribution in [2.45, 2.75) is 49.3 Å². The number of carbonyl (C=O) groups excluding carboxylic acids is 2. The molecule has 8 nitrogen and oxygen atoms in total. The number of hydrogen-bond donors (Lipinski definition) is 1. The van der Waals surface area contributed by atoms with Crippen LogP contribution in [0.3, 0.4) is 0 Å². The lowest BCUT2D eigenvalue weighted by Crippen LogP contribution is -2.49. The smallest absolute Gasteiger partial charge is 0.350 e. The number of sulfonamides is 1. The lowest BCUT2D eigenvalue weighted by atomic mass is 10.1. The quantitative estimate of drug-likeness (QED) is 0.594. The van der Waals surface area contributed by atoms with E-state index in [1.165, 1.54) is 45.6 Å². The number of halogens is 3. The molecule has 1 N–H and O–H groups in total. The third-order valence-corrected chi connectivity index (χ3v) is 8.64. The number of nitrogens with one attached hydrogen (secondary N) is 1. The van der Waals surface area contributed by atoms with Gasteiger partial charge >= 0.3 is 6.18 Å². The molecule has 2 amide bonds. The Morgan fingerprint density at radius 3 is 2.42 bits per heavy atom. The summed E-state index contributed by atoms with van der Waals surface area (Å²) in [6.07, 6.45) is -1.84. The molecule has 38 heavy (non-hydrogen) atoms. The van der Waals surface area contributed by atoms with E-state index in [0.29, 0.717) is 31.4 Å². The van der Waals surface area contributed by atoms with Gasteiger partial charge in [-0.2, -0.15) is 22.7 Å². The predicted octanol–water partition coefficient (Wildman–Crippen LogP) is 3.55. The van der Waals surface area contributed by atoms with Crippen molar-refractivity contribution in [2.24, 2.45) is 5.92 Å². The molecule has 202 valence electrons. The van der Waals surface area contributed by atoms with Gasteiger partial charge in [-0.05, 0) is 48.7 Å². The van der Waals surface area contributed by atoms with Gasteiger partial charge in [-0.25, -0.2) is 8.42 Å². The van der Waals surface area contributed by atoms with E-state index >= 15 is 0 Å². The zero-order valence-electron chi connectivity index (χ0n) is 20.4. The minimum atomic E-state index is -4.45. The molecule has 2 aliphatic rings. The van der Waals surface area contributed by atoms with Crippen LogP contribution in [0.2, 0.25) is 0 Å². The largest absolute Gasteiger partial charge is 0.416 e. The van der Waals surface area contributed by atoms with E-state index in [2.05, 4.69) is 5.32 Å². The molecule has 2 saturated heterocycles. The van der Waals surface area contributed by atoms with Crippen LogP contribution in [-0.4, -0.2) is 55.1 Å². The number of likely N-dealkylation sites (tertiary alicyclic amines) is 1. The highest BCUT2D eigenvalue weighted by Crippen LogP contribution is 2.29. The van der Waals surface area contributed by atoms with Crippen molar-refractivity contribution < 1.29 is 31.2 Å². The molecule has 1 atom stereocenters. The Balaban J connectivity index is 1.47. The fourth-order valence-corrected chi connectivity index (χ4v) is 6.14. The summed E-state index contributed by atoms with van der Waals surface area (Å²) in [6.45, 7) is 0.515. The Morgan fingerprint density at radius 2 is 1.76 bits per heavy atom. The highest BCUT2D eigenvalue weighted by molar-refractivity contribution is 7.89. The van der Waals surface area contributed by atoms with Crippen molar-refractivity contribution in [3.63, 3.8) is 0 Å². The van der Waals surface area contributed by atoms with Crippen molar-refractivity contribution in [1.82, 2.24) is 14.5 Å². The van der Waals surface area contributed by atoms with Crippen LogP contribution in [0.4, 0.5) is 13.2 Å². The van der Waals surface area contributed by atoms with E-state index in [9.17, 15) is 31.2 Å². The molecule has 2 aromatic rings. The molecule has 4 rings (SSSR count). The number of nitriles is 1. The monoisotopic (exact) mass is 548 g/mol. The second-order valence-electron chi connectivity index (χ2n) is 9.45. The molecule has 2 aliphatic heterocycles. The number of amides is 2. The maximum absolute atomic E-state index is 13.5. The highest BCUT2D eigenvalue weighted by Gasteiger charge is 2.37. The molecule has 2 fully saturated rings. The van der Waals surface area contributed by atoms with Gasteiger partial charge in [0.2, 0.25) is 15.9 Å². The topological polar surface area (TPSA) is 111 Å². The zero-order valence-corrected chi connectivity index (χ0v) is 21.3. The van der Waals surface area contributed by atoms with E-state index < -0.39 is 39.6 Å². The number of nitrogens with zero attached hydrogens (tertiary/aromatic N) is 3. The Labute approximate surface area is 219 Å². The lowest BCUT2D eigenvalue weighted by Gasteiger charge is -2.34. The summed E-state index contributed by atoms with van der Waals surface area (Å²) in [5.74, 6) is -1.25. The molecule has 2 heterocycles. The first kappa shape index (κ1) is 27.6. The van der Waals surface area contributed by atoms with Crippen molar-refractivity contribution in [3.8, 4) is 6.07 Å². The minimum Gasteiger partial charge on any atom is -0.350 e. The summed E-state index contributed by atoms with van der Waals surface area (Å²) in [6, 6.07) is 11.4. The first-order valence-corrected chi connectivity index (χ1v) is 13.7. The maximum Gasteiger partial charge on any atom is 0.416 e. The molecule has 0 spiro atoms. The van der Waals surface area contributed by atoms with Crippen LogP contribution in [0, 0.1) is 17.2 Å². The van der Waals surface area contributed by atoms with E-state index in [1.807, 2.05) is 6.07 Å². The zero-order chi connectivity index (χ0) is 27.5. The summed E-state index contributed by atoms with van der Waals surface area (Å²) >= 11 is 0. The van der Waals surface area contributed by atoms with Gasteiger partial charge < -0.3 is 10.2 Å². The normalized spacial score (nSPS) is 19.2. The van der Waals surface area contributed by atoms with Crippen LogP contribution in [0.15, 0.2) is 53.4 Å². The summed E-state index contributed by atoms with van der Waals surface area (Å²) in [7, 11) is -3.86. The lowest BCUT2D eigenvalue weighted by molar-refractivity contribution is -0.137. The Kier molecular flexibility index (Phi) is 8.08. The van der Waals surface area contributed by atoms with Crippen LogP contribution in [0.1, 0.15) is 47.2 Å². The molecular weight excluding hydrogens is 521 g/mol. The van der Waals surface area contributed by atoms with Crippen LogP contribution >= 0.6 is 0 Å². The van der Waals surface area contributed by atoms with Gasteiger partial charge in [0.05, 0.1) is 22.4 Å². The van der Waals surface area contributed by atoms with Crippen molar-refractivity contribution in [1.29, 1.82) is 5.26 Å². The van der Waals surface area contributed by atoms with Crippen LogP contribution in [0.5, 0.6) is 0 Å². The van der Waals surface area contributed by atoms with E-state index in [4.69, 9.17) is 5.26 Å². The second-order valence-corrected chi connectivity index (χ2v) is 11.4. The van der Waals surface area contributed by atoms with E-state index in [1.54, 1.807) is 0 Å². The molecular formula is C26H27F3N4O4S. The predicted molar refractivity (Wildman–Crippen MR) is 131 cm³/mol. The third kappa shape index (κ3) is 6.00. The minimum absolute atomic E-state index is 0.00273. The van der Waals surface area contributed by atoms with Crippen LogP contribution in [0.25, 0.3) is 0 Å². The van der Waals surface area contributed by atoms with Gasteiger partial charge in [-0.1, -0.05) is 31.0 Å². The molecule has 1 unspecified atom stereocenters. The average molecular weight is 549 g/mol. The van der Waals surface area contributed by atoms with Gasteiger partial charge in [-0.15, -0.1) is 0 Å². The number of rotatable bonds is 6. The maximum atomic E-state index is 13.5. The van der Waals surface area contributed by atoms with Gasteiger partial charge in [-0.3, -0.25) is 9.59 Å². The molecule has 12 heteroatoms. The number of alkyl halides is 3. The van der Waals surface area contributed by atoms with Crippen molar-refractivity contribution >= 4 is 21.8 Å². The molecule has 0 bridgehead atoms. The molecule has 0 aliphatic carbocycles. The second kappa shape index (κ2) is 11.1. The molecule has 2 aromatic carbocycles. The van der Waals surface area contributed by atoms with Gasteiger partial charge in [0.15, 0.2) is 0 Å². The van der Waals surface area contributed by atoms with Crippen molar-refractivity contribution in [2.75, 3.05) is 19.6 Å². The summed E-state index contributed by atoms with van der Waals surface area (Å²) in [5, 5.41) is 11.7. The average Bonchev–Trinajstić information content (AvgIpc) is 3.12. The van der Waals surface area contributed by atoms with E-state index in [-0.39, 0.29) is 36.0 Å². The molecule has 0 radical (unpaired) electrons. The van der Waals surface area contributed by atoms with Crippen molar-refractivity contribution in [3.05, 3.63) is 65.2 Å². The van der Waals surface area contributed by atoms with E-state index in [0.717, 1.165) is 18.6 Å². The Hall–Kier alpha value is -3.43. The highest BCUT2D eigenvalue weighted by atomic mass is 32.2. The van der Waals surface area contributed by atoms with Gasteiger partial charge in [0.25, 0.3) is 5.91 Å². The number of hydrogen-bond acceptors (Lipinski definition) is 5. The fourth-order valence-electron chi connectivity index (χ4n) is 4.56. The van der Waals surface area contributed by atoms with Gasteiger partial charge in [0.1, 0.15) is 6.04 Å².